The molecule has 1 unspecified atom stereocenters. The van der Waals surface area contributed by atoms with E-state index in [2.05, 4.69) is 27.3 Å². The van der Waals surface area contributed by atoms with Crippen LogP contribution < -0.4 is 5.32 Å². The highest BCUT2D eigenvalue weighted by Crippen LogP contribution is 2.21. The normalized spacial score (nSPS) is 13.0. The van der Waals surface area contributed by atoms with Crippen molar-refractivity contribution in [2.24, 2.45) is 0 Å². The van der Waals surface area contributed by atoms with Gasteiger partial charge in [-0.05, 0) is 35.0 Å². The van der Waals surface area contributed by atoms with Gasteiger partial charge in [0.25, 0.3) is 0 Å². The van der Waals surface area contributed by atoms with Crippen LogP contribution in [0.25, 0.3) is 0 Å². The van der Waals surface area contributed by atoms with E-state index in [4.69, 9.17) is 4.74 Å². The van der Waals surface area contributed by atoms with E-state index in [0.29, 0.717) is 19.8 Å². The molecule has 1 heterocycles. The van der Waals surface area contributed by atoms with E-state index in [1.807, 2.05) is 13.0 Å². The minimum Gasteiger partial charge on any atom is -0.389 e. The Kier molecular flexibility index (Phi) is 6.43. The van der Waals surface area contributed by atoms with E-state index in [-0.39, 0.29) is 0 Å². The summed E-state index contributed by atoms with van der Waals surface area (Å²) in [6, 6.07) is 4.09. The van der Waals surface area contributed by atoms with Gasteiger partial charge in [0.1, 0.15) is 0 Å². The van der Waals surface area contributed by atoms with Gasteiger partial charge in [0.05, 0.1) is 16.5 Å². The zero-order valence-electron chi connectivity index (χ0n) is 8.70. The molecule has 0 radical (unpaired) electrons. The second-order valence-electron chi connectivity index (χ2n) is 3.15. The Hall–Kier alpha value is 0.0600. The molecule has 5 heteroatoms. The summed E-state index contributed by atoms with van der Waals surface area (Å²) in [5.74, 6) is 0. The molecule has 0 amide bonds. The Morgan fingerprint density at radius 1 is 1.60 bits per heavy atom. The molecule has 3 nitrogen and oxygen atoms in total. The first-order valence-electron chi connectivity index (χ1n) is 4.93. The Bertz CT molecular complexity index is 280. The van der Waals surface area contributed by atoms with Crippen molar-refractivity contribution in [2.45, 2.75) is 19.6 Å². The molecule has 1 rings (SSSR count). The standard InChI is InChI=1S/C10H16BrNO2S/c1-2-14-7-8(13)5-12-6-9-3-4-10(11)15-9/h3-4,8,12-13H,2,5-7H2,1H3. The largest absolute Gasteiger partial charge is 0.389 e. The maximum absolute atomic E-state index is 9.47. The van der Waals surface area contributed by atoms with Crippen LogP contribution in [0.2, 0.25) is 0 Å². The fourth-order valence-electron chi connectivity index (χ4n) is 1.12. The van der Waals surface area contributed by atoms with Crippen molar-refractivity contribution in [3.63, 3.8) is 0 Å². The molecule has 0 saturated heterocycles. The van der Waals surface area contributed by atoms with Gasteiger partial charge in [-0.15, -0.1) is 11.3 Å². The highest BCUT2D eigenvalue weighted by molar-refractivity contribution is 9.11. The molecular weight excluding hydrogens is 278 g/mol. The first-order chi connectivity index (χ1) is 7.22. The van der Waals surface area contributed by atoms with Crippen LogP contribution in [0.3, 0.4) is 0 Å². The molecule has 0 aliphatic rings. The van der Waals surface area contributed by atoms with Crippen molar-refractivity contribution in [2.75, 3.05) is 19.8 Å². The average molecular weight is 294 g/mol. The van der Waals surface area contributed by atoms with Gasteiger partial charge in [0, 0.05) is 24.6 Å². The molecule has 0 bridgehead atoms. The van der Waals surface area contributed by atoms with Crippen LogP contribution in [-0.4, -0.2) is 31.0 Å². The van der Waals surface area contributed by atoms with Gasteiger partial charge in [-0.2, -0.15) is 0 Å². The quantitative estimate of drug-likeness (QED) is 0.808. The lowest BCUT2D eigenvalue weighted by atomic mass is 10.3. The van der Waals surface area contributed by atoms with E-state index in [9.17, 15) is 5.11 Å². The lowest BCUT2D eigenvalue weighted by Crippen LogP contribution is -2.29. The maximum atomic E-state index is 9.47. The van der Waals surface area contributed by atoms with Crippen molar-refractivity contribution in [1.29, 1.82) is 0 Å². The summed E-state index contributed by atoms with van der Waals surface area (Å²) in [4.78, 5) is 1.26. The first-order valence-corrected chi connectivity index (χ1v) is 6.54. The molecule has 86 valence electrons. The molecule has 0 saturated carbocycles. The summed E-state index contributed by atoms with van der Waals surface area (Å²) in [5.41, 5.74) is 0. The Labute approximate surface area is 103 Å². The lowest BCUT2D eigenvalue weighted by Gasteiger charge is -2.10. The molecule has 0 aliphatic carbocycles. The number of hydrogen-bond donors (Lipinski definition) is 2. The first kappa shape index (κ1) is 13.1. The van der Waals surface area contributed by atoms with Crippen LogP contribution in [0.15, 0.2) is 15.9 Å². The van der Waals surface area contributed by atoms with Gasteiger partial charge in [0.2, 0.25) is 0 Å². The highest BCUT2D eigenvalue weighted by Gasteiger charge is 2.03. The number of hydrogen-bond acceptors (Lipinski definition) is 4. The fraction of sp³-hybridized carbons (Fsp3) is 0.600. The Balaban J connectivity index is 2.10. The zero-order chi connectivity index (χ0) is 11.1. The number of ether oxygens (including phenoxy) is 1. The second-order valence-corrected chi connectivity index (χ2v) is 5.70. The van der Waals surface area contributed by atoms with Crippen molar-refractivity contribution >= 4 is 27.3 Å². The SMILES string of the molecule is CCOCC(O)CNCc1ccc(Br)s1. The number of halogens is 1. The molecule has 1 aromatic rings. The molecule has 15 heavy (non-hydrogen) atoms. The van der Waals surface area contributed by atoms with Crippen LogP contribution in [0.1, 0.15) is 11.8 Å². The predicted molar refractivity (Wildman–Crippen MR) is 66.2 cm³/mol. The average Bonchev–Trinajstić information content (AvgIpc) is 2.61. The van der Waals surface area contributed by atoms with Gasteiger partial charge >= 0.3 is 0 Å². The molecule has 0 aromatic carbocycles. The third-order valence-corrected chi connectivity index (χ3v) is 3.45. The summed E-state index contributed by atoms with van der Waals surface area (Å²) in [5, 5.41) is 12.7. The number of thiophene rings is 1. The van der Waals surface area contributed by atoms with Crippen LogP contribution >= 0.6 is 27.3 Å². The van der Waals surface area contributed by atoms with Gasteiger partial charge < -0.3 is 15.2 Å². The molecule has 2 N–H and O–H groups in total. The summed E-state index contributed by atoms with van der Waals surface area (Å²) in [6.07, 6.45) is -0.423. The number of aliphatic hydroxyl groups excluding tert-OH is 1. The summed E-state index contributed by atoms with van der Waals surface area (Å²) in [6.45, 7) is 4.32. The van der Waals surface area contributed by atoms with Crippen molar-refractivity contribution < 1.29 is 9.84 Å². The van der Waals surface area contributed by atoms with Gasteiger partial charge in [-0.3, -0.25) is 0 Å². The Morgan fingerprint density at radius 2 is 2.40 bits per heavy atom. The maximum Gasteiger partial charge on any atom is 0.0897 e. The molecule has 1 atom stereocenters. The second kappa shape index (κ2) is 7.35. The van der Waals surface area contributed by atoms with Gasteiger partial charge in [-0.25, -0.2) is 0 Å². The lowest BCUT2D eigenvalue weighted by molar-refractivity contribution is 0.0427. The molecule has 0 aliphatic heterocycles. The van der Waals surface area contributed by atoms with Crippen LogP contribution in [0.4, 0.5) is 0 Å². The van der Waals surface area contributed by atoms with E-state index in [0.717, 1.165) is 10.3 Å². The minimum absolute atomic E-state index is 0.400. The van der Waals surface area contributed by atoms with Crippen LogP contribution in [0.5, 0.6) is 0 Å². The summed E-state index contributed by atoms with van der Waals surface area (Å²) >= 11 is 5.11. The Morgan fingerprint density at radius 3 is 3.00 bits per heavy atom. The predicted octanol–water partition coefficient (Wildman–Crippen LogP) is 2.00. The zero-order valence-corrected chi connectivity index (χ0v) is 11.1. The molecule has 0 spiro atoms. The van der Waals surface area contributed by atoms with Crippen LogP contribution in [-0.2, 0) is 11.3 Å². The highest BCUT2D eigenvalue weighted by atomic mass is 79.9. The number of nitrogens with one attached hydrogen (secondary N) is 1. The minimum atomic E-state index is -0.423. The smallest absolute Gasteiger partial charge is 0.0897 e. The van der Waals surface area contributed by atoms with Crippen LogP contribution in [0, 0.1) is 0 Å². The summed E-state index contributed by atoms with van der Waals surface area (Å²) in [7, 11) is 0. The van der Waals surface area contributed by atoms with E-state index >= 15 is 0 Å². The molecule has 0 fully saturated rings. The van der Waals surface area contributed by atoms with Crippen molar-refractivity contribution in [3.05, 3.63) is 20.8 Å². The van der Waals surface area contributed by atoms with E-state index < -0.39 is 6.10 Å². The summed E-state index contributed by atoms with van der Waals surface area (Å²) < 4.78 is 6.24. The number of aliphatic hydroxyl groups is 1. The van der Waals surface area contributed by atoms with Crippen molar-refractivity contribution in [1.82, 2.24) is 5.32 Å². The van der Waals surface area contributed by atoms with Gasteiger partial charge in [0.15, 0.2) is 0 Å². The monoisotopic (exact) mass is 293 g/mol. The van der Waals surface area contributed by atoms with E-state index in [1.54, 1.807) is 11.3 Å². The fourth-order valence-corrected chi connectivity index (χ4v) is 2.57. The van der Waals surface area contributed by atoms with Crippen molar-refractivity contribution in [3.8, 4) is 0 Å². The molecule has 1 aromatic heterocycles. The third-order valence-electron chi connectivity index (χ3n) is 1.82. The molecular formula is C10H16BrNO2S. The third kappa shape index (κ3) is 5.63. The number of rotatable bonds is 7. The van der Waals surface area contributed by atoms with E-state index in [1.165, 1.54) is 4.88 Å². The topological polar surface area (TPSA) is 41.5 Å². The van der Waals surface area contributed by atoms with Gasteiger partial charge in [-0.1, -0.05) is 0 Å².